The third kappa shape index (κ3) is 2.62. The van der Waals surface area contributed by atoms with Crippen LogP contribution in [0.3, 0.4) is 0 Å². The number of hydrogen-bond donors (Lipinski definition) is 1. The van der Waals surface area contributed by atoms with E-state index in [1.54, 1.807) is 18.0 Å². The summed E-state index contributed by atoms with van der Waals surface area (Å²) in [6.07, 6.45) is 0. The highest BCUT2D eigenvalue weighted by atomic mass is 19.1. The Hall–Kier alpha value is -2.23. The zero-order valence-electron chi connectivity index (χ0n) is 11.3. The third-order valence-electron chi connectivity index (χ3n) is 3.08. The summed E-state index contributed by atoms with van der Waals surface area (Å²) >= 11 is 0. The van der Waals surface area contributed by atoms with Crippen molar-refractivity contribution in [2.24, 2.45) is 0 Å². The second-order valence-corrected chi connectivity index (χ2v) is 4.44. The maximum Gasteiger partial charge on any atom is 0.149 e. The summed E-state index contributed by atoms with van der Waals surface area (Å²) in [6.45, 7) is 2.01. The Balaban J connectivity index is 2.43. The molecule has 0 fully saturated rings. The van der Waals surface area contributed by atoms with Crippen LogP contribution in [0.1, 0.15) is 5.56 Å². The number of halogens is 1. The van der Waals surface area contributed by atoms with Crippen LogP contribution in [0.25, 0.3) is 0 Å². The molecule has 4 heteroatoms. The second-order valence-electron chi connectivity index (χ2n) is 4.44. The molecular formula is C15H17FN2O. The van der Waals surface area contributed by atoms with Crippen LogP contribution in [0.5, 0.6) is 5.75 Å². The lowest BCUT2D eigenvalue weighted by Crippen LogP contribution is -2.12. The van der Waals surface area contributed by atoms with Crippen molar-refractivity contribution in [2.45, 2.75) is 6.92 Å². The minimum absolute atomic E-state index is 0.293. The zero-order chi connectivity index (χ0) is 14.0. The number of benzene rings is 2. The second kappa shape index (κ2) is 5.18. The topological polar surface area (TPSA) is 38.5 Å². The van der Waals surface area contributed by atoms with E-state index in [4.69, 9.17) is 10.5 Å². The van der Waals surface area contributed by atoms with E-state index in [1.165, 1.54) is 13.2 Å². The number of hydrogen-bond acceptors (Lipinski definition) is 3. The first-order valence-electron chi connectivity index (χ1n) is 5.96. The van der Waals surface area contributed by atoms with E-state index in [0.717, 1.165) is 11.3 Å². The van der Waals surface area contributed by atoms with Gasteiger partial charge in [0.15, 0.2) is 0 Å². The van der Waals surface area contributed by atoms with Crippen molar-refractivity contribution < 1.29 is 9.13 Å². The van der Waals surface area contributed by atoms with E-state index < -0.39 is 0 Å². The molecule has 0 amide bonds. The Morgan fingerprint density at radius 1 is 1.16 bits per heavy atom. The Kier molecular flexibility index (Phi) is 3.60. The molecule has 2 aromatic carbocycles. The molecule has 100 valence electrons. The molecule has 0 aliphatic carbocycles. The molecule has 0 aliphatic heterocycles. The van der Waals surface area contributed by atoms with Crippen molar-refractivity contribution in [2.75, 3.05) is 24.8 Å². The first-order chi connectivity index (χ1) is 9.02. The molecule has 0 aliphatic rings. The fraction of sp³-hybridized carbons (Fsp3) is 0.200. The number of ether oxygens (including phenoxy) is 1. The molecule has 2 rings (SSSR count). The van der Waals surface area contributed by atoms with Gasteiger partial charge in [-0.1, -0.05) is 17.7 Å². The van der Waals surface area contributed by atoms with E-state index in [2.05, 4.69) is 0 Å². The maximum absolute atomic E-state index is 14.0. The Morgan fingerprint density at radius 3 is 2.37 bits per heavy atom. The van der Waals surface area contributed by atoms with Gasteiger partial charge >= 0.3 is 0 Å². The van der Waals surface area contributed by atoms with Crippen LogP contribution in [0.2, 0.25) is 0 Å². The molecule has 0 heterocycles. The highest BCUT2D eigenvalue weighted by Gasteiger charge is 2.13. The monoisotopic (exact) mass is 260 g/mol. The first kappa shape index (κ1) is 13.2. The van der Waals surface area contributed by atoms with Crippen molar-refractivity contribution >= 4 is 17.1 Å². The molecule has 19 heavy (non-hydrogen) atoms. The smallest absolute Gasteiger partial charge is 0.149 e. The predicted molar refractivity (Wildman–Crippen MR) is 76.6 cm³/mol. The molecule has 2 aromatic rings. The minimum atomic E-state index is -0.374. The van der Waals surface area contributed by atoms with Gasteiger partial charge in [0.05, 0.1) is 18.5 Å². The summed E-state index contributed by atoms with van der Waals surface area (Å²) in [5.41, 5.74) is 8.45. The Labute approximate surface area is 112 Å². The summed E-state index contributed by atoms with van der Waals surface area (Å²) in [4.78, 5) is 1.76. The molecule has 0 spiro atoms. The van der Waals surface area contributed by atoms with Crippen LogP contribution >= 0.6 is 0 Å². The number of nitrogens with two attached hydrogens (primary N) is 1. The van der Waals surface area contributed by atoms with Gasteiger partial charge in [0.1, 0.15) is 11.6 Å². The van der Waals surface area contributed by atoms with Crippen molar-refractivity contribution in [3.8, 4) is 5.75 Å². The summed E-state index contributed by atoms with van der Waals surface area (Å²) < 4.78 is 19.1. The van der Waals surface area contributed by atoms with E-state index in [0.29, 0.717) is 17.1 Å². The molecule has 0 saturated carbocycles. The quantitative estimate of drug-likeness (QED) is 0.858. The molecular weight excluding hydrogens is 243 g/mol. The summed E-state index contributed by atoms with van der Waals surface area (Å²) in [7, 11) is 3.32. The largest absolute Gasteiger partial charge is 0.495 e. The fourth-order valence-electron chi connectivity index (χ4n) is 1.90. The van der Waals surface area contributed by atoms with E-state index in [1.807, 2.05) is 31.2 Å². The Morgan fingerprint density at radius 2 is 1.79 bits per heavy atom. The zero-order valence-corrected chi connectivity index (χ0v) is 11.3. The highest BCUT2D eigenvalue weighted by Crippen LogP contribution is 2.33. The van der Waals surface area contributed by atoms with Crippen molar-refractivity contribution in [3.05, 3.63) is 47.8 Å². The predicted octanol–water partition coefficient (Wildman–Crippen LogP) is 3.49. The summed E-state index contributed by atoms with van der Waals surface area (Å²) in [6, 6.07) is 10.7. The van der Waals surface area contributed by atoms with Crippen LogP contribution in [0.15, 0.2) is 36.4 Å². The first-order valence-corrected chi connectivity index (χ1v) is 5.96. The van der Waals surface area contributed by atoms with E-state index >= 15 is 0 Å². The lowest BCUT2D eigenvalue weighted by atomic mass is 10.2. The van der Waals surface area contributed by atoms with Gasteiger partial charge < -0.3 is 15.4 Å². The lowest BCUT2D eigenvalue weighted by molar-refractivity contribution is 0.416. The van der Waals surface area contributed by atoms with Gasteiger partial charge in [-0.05, 0) is 19.1 Å². The molecule has 0 unspecified atom stereocenters. The summed E-state index contributed by atoms with van der Waals surface area (Å²) in [5, 5.41) is 0. The Bertz CT molecular complexity index is 581. The van der Waals surface area contributed by atoms with E-state index in [-0.39, 0.29) is 5.82 Å². The number of anilines is 3. The average molecular weight is 260 g/mol. The number of methoxy groups -OCH3 is 1. The van der Waals surface area contributed by atoms with E-state index in [9.17, 15) is 4.39 Å². The van der Waals surface area contributed by atoms with Crippen molar-refractivity contribution in [1.82, 2.24) is 0 Å². The molecule has 2 N–H and O–H groups in total. The van der Waals surface area contributed by atoms with Crippen LogP contribution in [0.4, 0.5) is 21.5 Å². The maximum atomic E-state index is 14.0. The van der Waals surface area contributed by atoms with Gasteiger partial charge in [-0.3, -0.25) is 0 Å². The van der Waals surface area contributed by atoms with Gasteiger partial charge in [0.2, 0.25) is 0 Å². The molecule has 0 bridgehead atoms. The van der Waals surface area contributed by atoms with Gasteiger partial charge in [-0.25, -0.2) is 4.39 Å². The number of nitrogen functional groups attached to an aromatic ring is 1. The molecule has 0 saturated heterocycles. The highest BCUT2D eigenvalue weighted by molar-refractivity contribution is 5.69. The van der Waals surface area contributed by atoms with Crippen molar-refractivity contribution in [3.63, 3.8) is 0 Å². The average Bonchev–Trinajstić information content (AvgIpc) is 2.39. The number of nitrogens with zero attached hydrogens (tertiary/aromatic N) is 1. The van der Waals surface area contributed by atoms with Crippen molar-refractivity contribution in [1.29, 1.82) is 0 Å². The fourth-order valence-corrected chi connectivity index (χ4v) is 1.90. The van der Waals surface area contributed by atoms with Crippen LogP contribution < -0.4 is 15.4 Å². The third-order valence-corrected chi connectivity index (χ3v) is 3.08. The minimum Gasteiger partial charge on any atom is -0.495 e. The SMILES string of the molecule is COc1cc(N(C)c2ccc(C)cc2)c(F)cc1N. The van der Waals surface area contributed by atoms with Crippen LogP contribution in [0, 0.1) is 12.7 Å². The summed E-state index contributed by atoms with van der Waals surface area (Å²) in [5.74, 6) is 0.0942. The lowest BCUT2D eigenvalue weighted by Gasteiger charge is -2.21. The van der Waals surface area contributed by atoms with Gasteiger partial charge in [-0.15, -0.1) is 0 Å². The van der Waals surface area contributed by atoms with Gasteiger partial charge in [0, 0.05) is 24.9 Å². The molecule has 0 aromatic heterocycles. The number of aryl methyl sites for hydroxylation is 1. The number of rotatable bonds is 3. The van der Waals surface area contributed by atoms with Gasteiger partial charge in [0.25, 0.3) is 0 Å². The normalized spacial score (nSPS) is 10.3. The standard InChI is InChI=1S/C15H17FN2O/c1-10-4-6-11(7-5-10)18(2)14-9-15(19-3)13(17)8-12(14)16/h4-9H,17H2,1-3H3. The molecule has 3 nitrogen and oxygen atoms in total. The van der Waals surface area contributed by atoms with Crippen LogP contribution in [-0.2, 0) is 0 Å². The van der Waals surface area contributed by atoms with Crippen LogP contribution in [-0.4, -0.2) is 14.2 Å². The molecule has 0 atom stereocenters. The molecule has 0 radical (unpaired) electrons. The van der Waals surface area contributed by atoms with Gasteiger partial charge in [-0.2, -0.15) is 0 Å².